The molecular formula is C45H71BClN6O12. The van der Waals surface area contributed by atoms with Crippen molar-refractivity contribution >= 4 is 62.5 Å². The first-order valence-corrected chi connectivity index (χ1v) is 21.0. The zero-order chi connectivity index (χ0) is 48.1. The predicted molar refractivity (Wildman–Crippen MR) is 248 cm³/mol. The first-order chi connectivity index (χ1) is 29.2. The van der Waals surface area contributed by atoms with Crippen molar-refractivity contribution in [2.45, 2.75) is 155 Å². The Morgan fingerprint density at radius 1 is 0.569 bits per heavy atom. The SMILES string of the molecule is CCCC(N)C(O)C(=O)NCC(=O)N[C@H](C(=O)OC(C)(C)C)c1ccccc1.CCCC(NC(=O)OC(C)(C)C)C(O)C(=O)NCC(=O)N[C@H](C(=O)OC(C)(C)C)c1ccccc1.Cl.[B]. The zero-order valence-corrected chi connectivity index (χ0v) is 40.3. The lowest BCUT2D eigenvalue weighted by Crippen LogP contribution is -2.53. The number of nitrogens with two attached hydrogens (primary N) is 1. The standard InChI is InChI=1S/C25H39N3O7.C20H31N3O5.B.ClH/c1-8-12-17(27-23(33)35-25(5,6)7)20(30)21(31)26-15-18(29)28-19(16-13-10-9-11-14-16)22(32)34-24(2,3)4;1-5-9-14(21)17(25)18(26)22-12-15(24)23-16(13-10-7-6-8-11-13)19(27)28-20(2,3)4;;/h9-11,13-14,17,19-20,30H,8,12,15H2,1-7H3,(H,26,31)(H,27,33)(H,28,29);6-8,10-11,14,16-17,25H,5,9,12,21H2,1-4H3,(H,22,26)(H,23,24);;1H/t17?,19-,20?;14?,16-,17?;;/m00../s1. The number of amides is 5. The highest BCUT2D eigenvalue weighted by molar-refractivity contribution is 5.91. The Balaban J connectivity index is 0. The number of hydrogen-bond donors (Lipinski definition) is 8. The fourth-order valence-corrected chi connectivity index (χ4v) is 5.48. The van der Waals surface area contributed by atoms with E-state index in [2.05, 4.69) is 26.6 Å². The van der Waals surface area contributed by atoms with Crippen LogP contribution in [0.2, 0.25) is 0 Å². The van der Waals surface area contributed by atoms with E-state index in [0.29, 0.717) is 30.4 Å². The van der Waals surface area contributed by atoms with Crippen LogP contribution >= 0.6 is 12.4 Å². The summed E-state index contributed by atoms with van der Waals surface area (Å²) in [5.41, 5.74) is 4.57. The van der Waals surface area contributed by atoms with Gasteiger partial charge in [-0.25, -0.2) is 14.4 Å². The monoisotopic (exact) mass is 933 g/mol. The molecular weight excluding hydrogens is 863 g/mol. The van der Waals surface area contributed by atoms with Gasteiger partial charge in [-0.3, -0.25) is 19.2 Å². The van der Waals surface area contributed by atoms with Crippen molar-refractivity contribution in [2.24, 2.45) is 5.73 Å². The van der Waals surface area contributed by atoms with E-state index >= 15 is 0 Å². The highest BCUT2D eigenvalue weighted by Gasteiger charge is 2.32. The number of esters is 2. The minimum Gasteiger partial charge on any atom is -0.458 e. The van der Waals surface area contributed by atoms with E-state index in [1.165, 1.54) is 0 Å². The van der Waals surface area contributed by atoms with Gasteiger partial charge < -0.3 is 56.7 Å². The Morgan fingerprint density at radius 3 is 1.26 bits per heavy atom. The van der Waals surface area contributed by atoms with E-state index in [1.807, 2.05) is 13.8 Å². The molecule has 0 saturated carbocycles. The third-order valence-electron chi connectivity index (χ3n) is 8.26. The molecule has 65 heavy (non-hydrogen) atoms. The smallest absolute Gasteiger partial charge is 0.407 e. The second kappa shape index (κ2) is 29.3. The van der Waals surface area contributed by atoms with Crippen molar-refractivity contribution in [1.82, 2.24) is 26.6 Å². The first-order valence-electron chi connectivity index (χ1n) is 21.0. The fraction of sp³-hybridized carbons (Fsp3) is 0.578. The van der Waals surface area contributed by atoms with Gasteiger partial charge >= 0.3 is 18.0 Å². The van der Waals surface area contributed by atoms with Crippen LogP contribution in [0.1, 0.15) is 125 Å². The number of carbonyl (C=O) groups is 7. The number of ether oxygens (including phenoxy) is 3. The summed E-state index contributed by atoms with van der Waals surface area (Å²) in [5, 5.41) is 32.6. The molecule has 3 radical (unpaired) electrons. The fourth-order valence-electron chi connectivity index (χ4n) is 5.48. The molecule has 6 atom stereocenters. The second-order valence-electron chi connectivity index (χ2n) is 17.7. The molecule has 363 valence electrons. The molecule has 2 rings (SSSR count). The number of hydrogen-bond acceptors (Lipinski definition) is 13. The van der Waals surface area contributed by atoms with Crippen molar-refractivity contribution in [3.8, 4) is 0 Å². The molecule has 0 aliphatic carbocycles. The summed E-state index contributed by atoms with van der Waals surface area (Å²) in [4.78, 5) is 86.5. The summed E-state index contributed by atoms with van der Waals surface area (Å²) < 4.78 is 16.0. The van der Waals surface area contributed by atoms with Crippen molar-refractivity contribution in [3.63, 3.8) is 0 Å². The van der Waals surface area contributed by atoms with E-state index in [-0.39, 0.29) is 20.8 Å². The van der Waals surface area contributed by atoms with Gasteiger partial charge in [0.2, 0.25) is 11.8 Å². The molecule has 0 fully saturated rings. The summed E-state index contributed by atoms with van der Waals surface area (Å²) in [6, 6.07) is 13.5. The van der Waals surface area contributed by atoms with Gasteiger partial charge in [0, 0.05) is 14.5 Å². The number of nitrogens with one attached hydrogen (secondary N) is 5. The van der Waals surface area contributed by atoms with E-state index in [4.69, 9.17) is 19.9 Å². The molecule has 9 N–H and O–H groups in total. The molecule has 0 bridgehead atoms. The first kappa shape index (κ1) is 61.9. The molecule has 0 aromatic heterocycles. The van der Waals surface area contributed by atoms with Crippen LogP contribution in [0.15, 0.2) is 60.7 Å². The number of aliphatic hydroxyl groups excluding tert-OH is 2. The van der Waals surface area contributed by atoms with E-state index in [9.17, 15) is 43.8 Å². The summed E-state index contributed by atoms with van der Waals surface area (Å²) >= 11 is 0. The van der Waals surface area contributed by atoms with Crippen molar-refractivity contribution in [3.05, 3.63) is 71.8 Å². The Kier molecular flexibility index (Phi) is 27.9. The van der Waals surface area contributed by atoms with Crippen LogP contribution < -0.4 is 32.3 Å². The summed E-state index contributed by atoms with van der Waals surface area (Å²) in [6.07, 6.45) is -1.66. The van der Waals surface area contributed by atoms with Gasteiger partial charge in [0.15, 0.2) is 18.2 Å². The molecule has 0 aliphatic rings. The molecule has 20 heteroatoms. The molecule has 4 unspecified atom stereocenters. The van der Waals surface area contributed by atoms with Crippen LogP contribution in [0.4, 0.5) is 4.79 Å². The molecule has 2 aromatic rings. The molecule has 0 saturated heterocycles. The van der Waals surface area contributed by atoms with Gasteiger partial charge in [0.05, 0.1) is 19.1 Å². The average Bonchev–Trinajstić information content (AvgIpc) is 3.18. The largest absolute Gasteiger partial charge is 0.458 e. The van der Waals surface area contributed by atoms with Crippen LogP contribution in [-0.4, -0.2) is 114 Å². The van der Waals surface area contributed by atoms with Crippen molar-refractivity contribution in [1.29, 1.82) is 0 Å². The Hall–Kier alpha value is -5.24. The Labute approximate surface area is 391 Å². The number of alkyl carbamates (subject to hydrolysis) is 1. The van der Waals surface area contributed by atoms with Gasteiger partial charge in [-0.1, -0.05) is 87.4 Å². The summed E-state index contributed by atoms with van der Waals surface area (Å²) in [6.45, 7) is 18.3. The zero-order valence-electron chi connectivity index (χ0n) is 39.5. The summed E-state index contributed by atoms with van der Waals surface area (Å²) in [5.74, 6) is -4.08. The van der Waals surface area contributed by atoms with Crippen molar-refractivity contribution < 1.29 is 58.0 Å². The molecule has 2 aromatic carbocycles. The second-order valence-corrected chi connectivity index (χ2v) is 17.7. The minimum atomic E-state index is -1.61. The van der Waals surface area contributed by atoms with Gasteiger partial charge in [-0.2, -0.15) is 0 Å². The maximum absolute atomic E-state index is 12.7. The Morgan fingerprint density at radius 2 is 0.923 bits per heavy atom. The molecule has 18 nitrogen and oxygen atoms in total. The molecule has 0 heterocycles. The normalized spacial score (nSPS) is 13.9. The number of benzene rings is 2. The topological polar surface area (TPSA) is 274 Å². The molecule has 0 aliphatic heterocycles. The maximum atomic E-state index is 12.7. The lowest BCUT2D eigenvalue weighted by Gasteiger charge is -2.26. The predicted octanol–water partition coefficient (Wildman–Crippen LogP) is 3.19. The van der Waals surface area contributed by atoms with Crippen LogP contribution in [0, 0.1) is 0 Å². The van der Waals surface area contributed by atoms with Crippen molar-refractivity contribution in [2.75, 3.05) is 13.1 Å². The van der Waals surface area contributed by atoms with Crippen LogP contribution in [-0.2, 0) is 43.0 Å². The van der Waals surface area contributed by atoms with E-state index in [0.717, 1.165) is 6.42 Å². The number of carbonyl (C=O) groups excluding carboxylic acids is 7. The lowest BCUT2D eigenvalue weighted by molar-refractivity contribution is -0.159. The van der Waals surface area contributed by atoms with Gasteiger partial charge in [-0.05, 0) is 86.3 Å². The van der Waals surface area contributed by atoms with Gasteiger partial charge in [0.25, 0.3) is 11.8 Å². The highest BCUT2D eigenvalue weighted by Crippen LogP contribution is 2.20. The van der Waals surface area contributed by atoms with Crippen LogP contribution in [0.5, 0.6) is 0 Å². The van der Waals surface area contributed by atoms with Crippen LogP contribution in [0.3, 0.4) is 0 Å². The lowest BCUT2D eigenvalue weighted by atomic mass is 10.1. The summed E-state index contributed by atoms with van der Waals surface area (Å²) in [7, 11) is 0. The van der Waals surface area contributed by atoms with Gasteiger partial charge in [0.1, 0.15) is 22.9 Å². The number of rotatable bonds is 19. The third-order valence-corrected chi connectivity index (χ3v) is 8.26. The third kappa shape index (κ3) is 25.7. The number of aliphatic hydroxyl groups is 2. The minimum absolute atomic E-state index is 0. The van der Waals surface area contributed by atoms with E-state index < -0.39 is 108 Å². The Bertz CT molecular complexity index is 1790. The average molecular weight is 934 g/mol. The number of halogens is 1. The molecule has 0 spiro atoms. The van der Waals surface area contributed by atoms with Crippen LogP contribution in [0.25, 0.3) is 0 Å². The van der Waals surface area contributed by atoms with Gasteiger partial charge in [-0.15, -0.1) is 12.4 Å². The maximum Gasteiger partial charge on any atom is 0.407 e. The molecule has 5 amide bonds. The quantitative estimate of drug-likeness (QED) is 0.0572. The highest BCUT2D eigenvalue weighted by atomic mass is 35.5. The van der Waals surface area contributed by atoms with E-state index in [1.54, 1.807) is 123 Å².